The number of hydrogen-bond acceptors (Lipinski definition) is 6. The summed E-state index contributed by atoms with van der Waals surface area (Å²) in [6, 6.07) is 4.46. The van der Waals surface area contributed by atoms with E-state index in [2.05, 4.69) is 21.0 Å². The Kier molecular flexibility index (Phi) is 5.17. The number of rotatable bonds is 5. The van der Waals surface area contributed by atoms with E-state index in [0.717, 1.165) is 0 Å². The number of hydrogen-bond donors (Lipinski definition) is 3. The van der Waals surface area contributed by atoms with Gasteiger partial charge in [0.1, 0.15) is 16.9 Å². The number of nitriles is 1. The molecule has 0 saturated heterocycles. The fourth-order valence-corrected chi connectivity index (χ4v) is 3.73. The van der Waals surface area contributed by atoms with Crippen LogP contribution in [0.4, 0.5) is 11.4 Å². The lowest BCUT2D eigenvalue weighted by Crippen LogP contribution is -2.00. The molecule has 0 aliphatic rings. The van der Waals surface area contributed by atoms with E-state index in [0.29, 0.717) is 49.5 Å². The maximum Gasteiger partial charge on any atom is 0.399 e. The maximum absolute atomic E-state index is 11.2. The first-order valence-corrected chi connectivity index (χ1v) is 9.13. The summed E-state index contributed by atoms with van der Waals surface area (Å²) in [7, 11) is 0. The quantitative estimate of drug-likeness (QED) is 0.414. The molecule has 0 fully saturated rings. The highest BCUT2D eigenvalue weighted by atomic mass is 35.5. The minimum Gasteiger partial charge on any atom is -0.341 e. The number of benzene rings is 1. The first kappa shape index (κ1) is 19.5. The molecule has 10 nitrogen and oxygen atoms in total. The lowest BCUT2D eigenvalue weighted by Gasteiger charge is -2.09. The molecule has 0 aliphatic carbocycles. The Morgan fingerprint density at radius 3 is 2.46 bits per heavy atom. The first-order valence-electron chi connectivity index (χ1n) is 7.77. The Morgan fingerprint density at radius 2 is 1.86 bits per heavy atom. The van der Waals surface area contributed by atoms with Crippen LogP contribution in [0.25, 0.3) is 11.0 Å². The van der Waals surface area contributed by atoms with Gasteiger partial charge in [-0.3, -0.25) is 0 Å². The second-order valence-corrected chi connectivity index (χ2v) is 7.15. The number of pyridine rings is 1. The van der Waals surface area contributed by atoms with Gasteiger partial charge in [0.15, 0.2) is 0 Å². The lowest BCUT2D eigenvalue weighted by atomic mass is 10.1. The van der Waals surface area contributed by atoms with Crippen molar-refractivity contribution in [2.24, 2.45) is 0 Å². The summed E-state index contributed by atoms with van der Waals surface area (Å²) < 4.78 is 0. The van der Waals surface area contributed by atoms with Crippen molar-refractivity contribution in [3.63, 3.8) is 0 Å². The van der Waals surface area contributed by atoms with Gasteiger partial charge in [-0.2, -0.15) is 5.26 Å². The number of halogens is 1. The number of aromatic amines is 1. The third-order valence-corrected chi connectivity index (χ3v) is 5.55. The van der Waals surface area contributed by atoms with Crippen molar-refractivity contribution in [3.8, 4) is 6.07 Å². The normalized spacial score (nSPS) is 10.8. The van der Waals surface area contributed by atoms with Gasteiger partial charge in [-0.1, -0.05) is 23.4 Å². The van der Waals surface area contributed by atoms with Crippen LogP contribution in [0.1, 0.15) is 22.6 Å². The Bertz CT molecular complexity index is 1140. The van der Waals surface area contributed by atoms with Crippen LogP contribution < -0.4 is 0 Å². The SMILES string of the molecule is Cc1nc(SCc2nc3cc([N+](=O)O)c([N+](=O)O)cc3[nH]2)c(C#N)c(C)c1Cl. The van der Waals surface area contributed by atoms with Crippen LogP contribution in [-0.2, 0) is 5.75 Å². The lowest BCUT2D eigenvalue weighted by molar-refractivity contribution is -0.754. The molecule has 0 saturated carbocycles. The third-order valence-electron chi connectivity index (χ3n) is 4.00. The average molecular weight is 421 g/mol. The molecule has 3 N–H and O–H groups in total. The number of imidazole rings is 1. The number of nitrogens with one attached hydrogen (secondary N) is 1. The summed E-state index contributed by atoms with van der Waals surface area (Å²) in [5.74, 6) is 0.784. The van der Waals surface area contributed by atoms with Crippen LogP contribution in [-0.4, -0.2) is 35.2 Å². The standard InChI is InChI=1S/C16H13ClN6O4S/c1-7-9(5-18)16(19-8(2)15(7)17)28-6-14-20-10-3-12(22(24)25)13(23(26)27)4-11(10)21-14/h3-4H,6H2,1-2H3,(H,20,21)(H,24,25)(H,26,27)/q+2. The molecule has 0 spiro atoms. The fraction of sp³-hybridized carbons (Fsp3) is 0.188. The van der Waals surface area contributed by atoms with Gasteiger partial charge in [0, 0.05) is 0 Å². The Morgan fingerprint density at radius 1 is 1.21 bits per heavy atom. The van der Waals surface area contributed by atoms with Crippen LogP contribution >= 0.6 is 23.4 Å². The van der Waals surface area contributed by atoms with E-state index < -0.39 is 21.2 Å². The molecule has 0 radical (unpaired) electrons. The predicted molar refractivity (Wildman–Crippen MR) is 99.2 cm³/mol. The monoisotopic (exact) mass is 420 g/mol. The highest BCUT2D eigenvalue weighted by Gasteiger charge is 2.33. The molecular weight excluding hydrogens is 408 g/mol. The number of thioether (sulfide) groups is 1. The summed E-state index contributed by atoms with van der Waals surface area (Å²) in [5, 5.41) is 28.6. The molecule has 28 heavy (non-hydrogen) atoms. The first-order chi connectivity index (χ1) is 13.2. The van der Waals surface area contributed by atoms with Gasteiger partial charge in [0.05, 0.1) is 55.0 Å². The molecule has 12 heteroatoms. The van der Waals surface area contributed by atoms with Crippen molar-refractivity contribution in [1.29, 1.82) is 5.26 Å². The van der Waals surface area contributed by atoms with Crippen LogP contribution in [0.5, 0.6) is 0 Å². The molecule has 2 aromatic heterocycles. The van der Waals surface area contributed by atoms with E-state index in [1.165, 1.54) is 23.9 Å². The molecule has 0 amide bonds. The zero-order chi connectivity index (χ0) is 20.6. The Balaban J connectivity index is 1.96. The van der Waals surface area contributed by atoms with Crippen LogP contribution in [0, 0.1) is 35.0 Å². The third kappa shape index (κ3) is 3.47. The molecule has 0 aliphatic heterocycles. The van der Waals surface area contributed by atoms with E-state index in [-0.39, 0.29) is 0 Å². The molecule has 3 aromatic rings. The van der Waals surface area contributed by atoms with Gasteiger partial charge in [0.25, 0.3) is 9.85 Å². The van der Waals surface area contributed by atoms with Crippen LogP contribution in [0.3, 0.4) is 0 Å². The van der Waals surface area contributed by atoms with Crippen molar-refractivity contribution >= 4 is 45.8 Å². The van der Waals surface area contributed by atoms with Crippen molar-refractivity contribution in [3.05, 3.63) is 49.6 Å². The second kappa shape index (κ2) is 7.41. The Hall–Kier alpha value is -3.23. The van der Waals surface area contributed by atoms with Gasteiger partial charge in [-0.25, -0.2) is 20.4 Å². The summed E-state index contributed by atoms with van der Waals surface area (Å²) >= 11 is 7.41. The van der Waals surface area contributed by atoms with E-state index in [4.69, 9.17) is 22.0 Å². The number of aryl methyl sites for hydroxylation is 1. The number of H-pyrrole nitrogens is 1. The van der Waals surface area contributed by atoms with Crippen molar-refractivity contribution < 1.29 is 20.3 Å². The zero-order valence-electron chi connectivity index (χ0n) is 14.6. The van der Waals surface area contributed by atoms with E-state index in [1.54, 1.807) is 13.8 Å². The summed E-state index contributed by atoms with van der Waals surface area (Å²) in [5.41, 5.74) is 1.43. The fourth-order valence-electron chi connectivity index (χ4n) is 2.63. The molecule has 2 heterocycles. The zero-order valence-corrected chi connectivity index (χ0v) is 16.2. The molecule has 0 atom stereocenters. The van der Waals surface area contributed by atoms with Crippen LogP contribution in [0.15, 0.2) is 17.2 Å². The van der Waals surface area contributed by atoms with Gasteiger partial charge in [-0.15, -0.1) is 0 Å². The number of fused-ring (bicyclic) bond motifs is 1. The van der Waals surface area contributed by atoms with Crippen molar-refractivity contribution in [2.75, 3.05) is 0 Å². The summed E-state index contributed by atoms with van der Waals surface area (Å²) in [4.78, 5) is 33.0. The summed E-state index contributed by atoms with van der Waals surface area (Å²) in [6.07, 6.45) is 0. The van der Waals surface area contributed by atoms with Gasteiger partial charge < -0.3 is 4.98 Å². The largest absolute Gasteiger partial charge is 0.399 e. The molecular formula is C16H13ClN6O4S+2. The Labute approximate surface area is 166 Å². The number of nitrogens with zero attached hydrogens (tertiary/aromatic N) is 5. The van der Waals surface area contributed by atoms with Gasteiger partial charge in [-0.05, 0) is 19.4 Å². The topological polar surface area (TPSA) is 146 Å². The maximum atomic E-state index is 11.2. The van der Waals surface area contributed by atoms with Crippen molar-refractivity contribution in [2.45, 2.75) is 24.6 Å². The molecule has 1 aromatic carbocycles. The van der Waals surface area contributed by atoms with E-state index >= 15 is 0 Å². The average Bonchev–Trinajstić information content (AvgIpc) is 3.05. The molecule has 0 bridgehead atoms. The molecule has 142 valence electrons. The van der Waals surface area contributed by atoms with Crippen molar-refractivity contribution in [1.82, 2.24) is 15.0 Å². The van der Waals surface area contributed by atoms with Gasteiger partial charge in [0.2, 0.25) is 0 Å². The highest BCUT2D eigenvalue weighted by molar-refractivity contribution is 7.98. The number of aromatic nitrogens is 3. The molecule has 3 rings (SSSR count). The van der Waals surface area contributed by atoms with E-state index in [9.17, 15) is 15.1 Å². The highest BCUT2D eigenvalue weighted by Crippen LogP contribution is 2.33. The molecule has 0 unspecified atom stereocenters. The minimum absolute atomic E-state index is 0.308. The minimum atomic E-state index is -0.526. The van der Waals surface area contributed by atoms with Gasteiger partial charge >= 0.3 is 11.4 Å². The predicted octanol–water partition coefficient (Wildman–Crippen LogP) is 3.99. The van der Waals surface area contributed by atoms with E-state index in [1.807, 2.05) is 0 Å². The second-order valence-electron chi connectivity index (χ2n) is 5.80. The smallest absolute Gasteiger partial charge is 0.341 e. The summed E-state index contributed by atoms with van der Waals surface area (Å²) in [6.45, 7) is 3.49. The van der Waals surface area contributed by atoms with Crippen LogP contribution in [0.2, 0.25) is 5.02 Å².